The summed E-state index contributed by atoms with van der Waals surface area (Å²) in [6, 6.07) is 18.6. The number of hydrogen-bond acceptors (Lipinski definition) is 7. The summed E-state index contributed by atoms with van der Waals surface area (Å²) in [5.74, 6) is 0.557. The molecule has 1 saturated heterocycles. The molecule has 170 valence electrons. The molecule has 3 heterocycles. The maximum absolute atomic E-state index is 11.8. The van der Waals surface area contributed by atoms with E-state index in [2.05, 4.69) is 20.7 Å². The first kappa shape index (κ1) is 21.6. The number of aliphatic hydroxyl groups is 1. The lowest BCUT2D eigenvalue weighted by Gasteiger charge is -2.28. The van der Waals surface area contributed by atoms with Crippen molar-refractivity contribution in [3.05, 3.63) is 72.4 Å². The van der Waals surface area contributed by atoms with Crippen LogP contribution in [0.15, 0.2) is 71.8 Å². The third-order valence-corrected chi connectivity index (χ3v) is 7.11. The van der Waals surface area contributed by atoms with Crippen molar-refractivity contribution in [3.8, 4) is 11.1 Å². The van der Waals surface area contributed by atoms with Crippen LogP contribution in [0, 0.1) is 0 Å². The molecule has 9 heteroatoms. The maximum Gasteiger partial charge on any atom is 0.247 e. The molecule has 0 amide bonds. The smallest absolute Gasteiger partial charge is 0.247 e. The molecule has 2 atom stereocenters. The van der Waals surface area contributed by atoms with Crippen molar-refractivity contribution in [2.45, 2.75) is 23.3 Å². The molecule has 0 bridgehead atoms. The molecule has 5 rings (SSSR count). The lowest BCUT2D eigenvalue weighted by Crippen LogP contribution is -2.39. The number of β-amino-alcohol motifs (C(OH)–C–C–N with tert-alkyl or cyclic N) is 1. The van der Waals surface area contributed by atoms with E-state index in [1.165, 1.54) is 6.26 Å². The summed E-state index contributed by atoms with van der Waals surface area (Å²) in [6.07, 6.45) is 3.50. The van der Waals surface area contributed by atoms with Crippen LogP contribution in [0.2, 0.25) is 0 Å². The van der Waals surface area contributed by atoms with Crippen molar-refractivity contribution in [1.82, 2.24) is 19.9 Å². The number of piperidine rings is 1. The number of rotatable bonds is 5. The Labute approximate surface area is 192 Å². The van der Waals surface area contributed by atoms with Gasteiger partial charge in [0.25, 0.3) is 0 Å². The standard InChI is InChI=1S/C24H25N5O3S/c1-33(31,32)19-9-7-16(8-10-19)21-6-3-13-29-23(21)27-24(28-29)26-18-5-2-4-17(14-18)20-11-12-25-15-22(20)30/h2-10,13-14,20,22,25,30H,11-12,15H2,1H3,(H,26,28)/t20-,22-/m1/s1. The van der Waals surface area contributed by atoms with E-state index in [4.69, 9.17) is 0 Å². The highest BCUT2D eigenvalue weighted by molar-refractivity contribution is 7.90. The highest BCUT2D eigenvalue weighted by atomic mass is 32.2. The van der Waals surface area contributed by atoms with Gasteiger partial charge in [0, 0.05) is 36.2 Å². The van der Waals surface area contributed by atoms with Crippen molar-refractivity contribution in [2.75, 3.05) is 24.7 Å². The van der Waals surface area contributed by atoms with Crippen LogP contribution in [0.1, 0.15) is 17.9 Å². The van der Waals surface area contributed by atoms with Crippen molar-refractivity contribution in [2.24, 2.45) is 0 Å². The maximum atomic E-state index is 11.8. The second-order valence-corrected chi connectivity index (χ2v) is 10.4. The highest BCUT2D eigenvalue weighted by Gasteiger charge is 2.24. The van der Waals surface area contributed by atoms with Gasteiger partial charge in [-0.1, -0.05) is 24.3 Å². The number of benzene rings is 2. The zero-order valence-electron chi connectivity index (χ0n) is 18.1. The zero-order chi connectivity index (χ0) is 23.0. The minimum Gasteiger partial charge on any atom is -0.391 e. The van der Waals surface area contributed by atoms with Gasteiger partial charge in [-0.05, 0) is 60.5 Å². The molecule has 33 heavy (non-hydrogen) atoms. The van der Waals surface area contributed by atoms with Gasteiger partial charge in [0.05, 0.1) is 11.0 Å². The Morgan fingerprint density at radius 1 is 1.12 bits per heavy atom. The second kappa shape index (κ2) is 8.58. The second-order valence-electron chi connectivity index (χ2n) is 8.34. The minimum absolute atomic E-state index is 0.100. The Bertz CT molecular complexity index is 1400. The average Bonchev–Trinajstić information content (AvgIpc) is 3.21. The zero-order valence-corrected chi connectivity index (χ0v) is 19.0. The number of hydrogen-bond donors (Lipinski definition) is 3. The number of sulfone groups is 1. The minimum atomic E-state index is -3.25. The molecule has 2 aromatic carbocycles. The van der Waals surface area contributed by atoms with Crippen LogP contribution in [0.3, 0.4) is 0 Å². The first-order chi connectivity index (χ1) is 15.9. The fourth-order valence-electron chi connectivity index (χ4n) is 4.27. The lowest BCUT2D eigenvalue weighted by molar-refractivity contribution is 0.118. The SMILES string of the molecule is CS(=O)(=O)c1ccc(-c2cccn3nc(Nc4cccc([C@H]5CCNC[C@H]5O)c4)nc23)cc1. The third-order valence-electron chi connectivity index (χ3n) is 5.98. The topological polar surface area (TPSA) is 109 Å². The summed E-state index contributed by atoms with van der Waals surface area (Å²) in [5.41, 5.74) is 4.31. The molecule has 2 aromatic heterocycles. The first-order valence-corrected chi connectivity index (χ1v) is 12.7. The van der Waals surface area contributed by atoms with Crippen molar-refractivity contribution < 1.29 is 13.5 Å². The van der Waals surface area contributed by atoms with Gasteiger partial charge >= 0.3 is 0 Å². The van der Waals surface area contributed by atoms with E-state index in [0.29, 0.717) is 18.1 Å². The molecule has 1 aliphatic rings. The van der Waals surface area contributed by atoms with E-state index in [0.717, 1.165) is 35.3 Å². The summed E-state index contributed by atoms with van der Waals surface area (Å²) >= 11 is 0. The molecule has 1 aliphatic heterocycles. The fraction of sp³-hybridized carbons (Fsp3) is 0.250. The number of aliphatic hydroxyl groups excluding tert-OH is 1. The molecule has 0 unspecified atom stereocenters. The van der Waals surface area contributed by atoms with E-state index >= 15 is 0 Å². The predicted molar refractivity (Wildman–Crippen MR) is 127 cm³/mol. The van der Waals surface area contributed by atoms with Crippen molar-refractivity contribution in [1.29, 1.82) is 0 Å². The van der Waals surface area contributed by atoms with Gasteiger partial charge in [0.1, 0.15) is 0 Å². The summed E-state index contributed by atoms with van der Waals surface area (Å²) < 4.78 is 25.2. The Hall–Kier alpha value is -3.27. The third kappa shape index (κ3) is 4.47. The molecule has 0 aliphatic carbocycles. The van der Waals surface area contributed by atoms with Crippen LogP contribution in [0.5, 0.6) is 0 Å². The fourth-order valence-corrected chi connectivity index (χ4v) is 4.90. The van der Waals surface area contributed by atoms with E-state index in [9.17, 15) is 13.5 Å². The largest absolute Gasteiger partial charge is 0.391 e. The molecule has 8 nitrogen and oxygen atoms in total. The summed E-state index contributed by atoms with van der Waals surface area (Å²) in [6.45, 7) is 1.49. The van der Waals surface area contributed by atoms with Crippen LogP contribution in [0.25, 0.3) is 16.8 Å². The van der Waals surface area contributed by atoms with E-state index in [1.807, 2.05) is 42.6 Å². The van der Waals surface area contributed by atoms with Crippen molar-refractivity contribution >= 4 is 27.1 Å². The molecule has 1 fully saturated rings. The number of pyridine rings is 1. The molecular formula is C24H25N5O3S. The van der Waals surface area contributed by atoms with Gasteiger partial charge in [0.2, 0.25) is 5.95 Å². The van der Waals surface area contributed by atoms with E-state index < -0.39 is 15.9 Å². The summed E-state index contributed by atoms with van der Waals surface area (Å²) in [4.78, 5) is 4.95. The normalized spacial score (nSPS) is 19.0. The van der Waals surface area contributed by atoms with Gasteiger partial charge in [-0.3, -0.25) is 0 Å². The van der Waals surface area contributed by atoms with Gasteiger partial charge in [-0.25, -0.2) is 12.9 Å². The molecule has 0 radical (unpaired) electrons. The van der Waals surface area contributed by atoms with Crippen LogP contribution >= 0.6 is 0 Å². The lowest BCUT2D eigenvalue weighted by atomic mass is 9.88. The Morgan fingerprint density at radius 3 is 2.70 bits per heavy atom. The van der Waals surface area contributed by atoms with Crippen LogP contribution in [0.4, 0.5) is 11.6 Å². The van der Waals surface area contributed by atoms with Gasteiger partial charge in [-0.15, -0.1) is 5.10 Å². The summed E-state index contributed by atoms with van der Waals surface area (Å²) in [7, 11) is -3.25. The quantitative estimate of drug-likeness (QED) is 0.418. The molecule has 4 aromatic rings. The molecule has 3 N–H and O–H groups in total. The Kier molecular flexibility index (Phi) is 5.61. The van der Waals surface area contributed by atoms with Crippen LogP contribution in [-0.4, -0.2) is 53.6 Å². The Balaban J connectivity index is 1.44. The summed E-state index contributed by atoms with van der Waals surface area (Å²) in [5, 5.41) is 21.4. The number of nitrogens with zero attached hydrogens (tertiary/aromatic N) is 3. The molecular weight excluding hydrogens is 438 g/mol. The Morgan fingerprint density at radius 2 is 1.94 bits per heavy atom. The predicted octanol–water partition coefficient (Wildman–Crippen LogP) is 2.98. The molecule has 0 saturated carbocycles. The highest BCUT2D eigenvalue weighted by Crippen LogP contribution is 2.29. The van der Waals surface area contributed by atoms with Crippen LogP contribution < -0.4 is 10.6 Å². The van der Waals surface area contributed by atoms with Gasteiger partial charge in [0.15, 0.2) is 15.5 Å². The molecule has 0 spiro atoms. The van der Waals surface area contributed by atoms with Gasteiger partial charge < -0.3 is 15.7 Å². The van der Waals surface area contributed by atoms with Crippen molar-refractivity contribution in [3.63, 3.8) is 0 Å². The number of anilines is 2. The number of aromatic nitrogens is 3. The monoisotopic (exact) mass is 463 g/mol. The number of fused-ring (bicyclic) bond motifs is 1. The van der Waals surface area contributed by atoms with Gasteiger partial charge in [-0.2, -0.15) is 4.98 Å². The first-order valence-electron chi connectivity index (χ1n) is 10.8. The average molecular weight is 464 g/mol. The number of nitrogens with one attached hydrogen (secondary N) is 2. The van der Waals surface area contributed by atoms with E-state index in [-0.39, 0.29) is 10.8 Å². The van der Waals surface area contributed by atoms with E-state index in [1.54, 1.807) is 28.8 Å². The van der Waals surface area contributed by atoms with Crippen LogP contribution in [-0.2, 0) is 9.84 Å².